The van der Waals surface area contributed by atoms with Crippen LogP contribution in [0.1, 0.15) is 5.56 Å². The zero-order valence-electron chi connectivity index (χ0n) is 12.9. The van der Waals surface area contributed by atoms with Crippen molar-refractivity contribution in [3.63, 3.8) is 0 Å². The van der Waals surface area contributed by atoms with E-state index < -0.39 is 0 Å². The van der Waals surface area contributed by atoms with Gasteiger partial charge in [0.2, 0.25) is 5.95 Å². The minimum Gasteiger partial charge on any atom is -0.383 e. The first-order valence-electron chi connectivity index (χ1n) is 7.57. The van der Waals surface area contributed by atoms with Crippen LogP contribution in [0, 0.1) is 11.8 Å². The molecule has 0 amide bonds. The molecule has 0 saturated heterocycles. The lowest BCUT2D eigenvalue weighted by molar-refractivity contribution is 0.886. The van der Waals surface area contributed by atoms with E-state index >= 15 is 0 Å². The fourth-order valence-corrected chi connectivity index (χ4v) is 2.84. The molecule has 0 unspecified atom stereocenters. The van der Waals surface area contributed by atoms with Gasteiger partial charge in [-0.3, -0.25) is 0 Å². The molecule has 5 nitrogen and oxygen atoms in total. The van der Waals surface area contributed by atoms with E-state index in [1.807, 2.05) is 54.7 Å². The van der Waals surface area contributed by atoms with E-state index in [1.165, 1.54) is 0 Å². The number of rotatable bonds is 1. The van der Waals surface area contributed by atoms with Crippen LogP contribution in [0.4, 0.5) is 11.8 Å². The fraction of sp³-hybridized carbons (Fsp3) is 0.0526. The quantitative estimate of drug-likeness (QED) is 0.529. The zero-order valence-corrected chi connectivity index (χ0v) is 12.9. The van der Waals surface area contributed by atoms with Gasteiger partial charge in [-0.05, 0) is 30.3 Å². The van der Waals surface area contributed by atoms with Gasteiger partial charge in [-0.2, -0.15) is 4.98 Å². The highest BCUT2D eigenvalue weighted by atomic mass is 15.0. The highest BCUT2D eigenvalue weighted by Crippen LogP contribution is 2.29. The van der Waals surface area contributed by atoms with Crippen molar-refractivity contribution >= 4 is 33.6 Å². The van der Waals surface area contributed by atoms with Crippen LogP contribution in [0.2, 0.25) is 0 Å². The minimum absolute atomic E-state index is 0.188. The molecule has 0 aliphatic heterocycles. The molecular formula is C19H15N5. The average molecular weight is 313 g/mol. The minimum atomic E-state index is 0.188. The van der Waals surface area contributed by atoms with E-state index in [9.17, 15) is 0 Å². The molecule has 0 aliphatic rings. The van der Waals surface area contributed by atoms with E-state index in [0.29, 0.717) is 12.4 Å². The predicted molar refractivity (Wildman–Crippen MR) is 97.2 cm³/mol. The summed E-state index contributed by atoms with van der Waals surface area (Å²) in [5.74, 6) is 6.95. The summed E-state index contributed by atoms with van der Waals surface area (Å²) in [5.41, 5.74) is 14.5. The van der Waals surface area contributed by atoms with Crippen molar-refractivity contribution in [1.29, 1.82) is 0 Å². The Morgan fingerprint density at radius 2 is 1.79 bits per heavy atom. The Morgan fingerprint density at radius 3 is 2.62 bits per heavy atom. The summed E-state index contributed by atoms with van der Waals surface area (Å²) >= 11 is 0. The summed E-state index contributed by atoms with van der Waals surface area (Å²) in [6, 6.07) is 15.9. The highest BCUT2D eigenvalue weighted by Gasteiger charge is 2.10. The Morgan fingerprint density at radius 1 is 0.958 bits per heavy atom. The summed E-state index contributed by atoms with van der Waals surface area (Å²) in [7, 11) is 0. The third kappa shape index (κ3) is 2.40. The smallest absolute Gasteiger partial charge is 0.222 e. The lowest BCUT2D eigenvalue weighted by Gasteiger charge is -2.05. The molecule has 0 radical (unpaired) electrons. The molecule has 5 heteroatoms. The zero-order chi connectivity index (χ0) is 16.5. The summed E-state index contributed by atoms with van der Waals surface area (Å²) in [6.45, 7) is 0.597. The number of anilines is 2. The number of nitrogens with two attached hydrogens (primary N) is 2. The molecule has 4 rings (SSSR count). The highest BCUT2D eigenvalue weighted by molar-refractivity contribution is 6.10. The van der Waals surface area contributed by atoms with Gasteiger partial charge in [0.1, 0.15) is 5.82 Å². The van der Waals surface area contributed by atoms with Crippen molar-refractivity contribution in [2.45, 2.75) is 6.54 Å². The maximum atomic E-state index is 6.04. The second kappa shape index (κ2) is 5.60. The lowest BCUT2D eigenvalue weighted by atomic mass is 10.1. The van der Waals surface area contributed by atoms with Gasteiger partial charge in [-0.1, -0.05) is 30.0 Å². The number of nitrogen functional groups attached to an aromatic ring is 2. The van der Waals surface area contributed by atoms with Gasteiger partial charge < -0.3 is 16.0 Å². The molecule has 4 aromatic rings. The van der Waals surface area contributed by atoms with Gasteiger partial charge >= 0.3 is 0 Å². The van der Waals surface area contributed by atoms with Crippen molar-refractivity contribution in [1.82, 2.24) is 14.5 Å². The number of hydrogen-bond donors (Lipinski definition) is 2. The first-order valence-corrected chi connectivity index (χ1v) is 7.57. The standard InChI is InChI=1S/C19H15N5/c20-18-17-14-10-12-24(11-4-7-13-5-2-1-3-6-13)16(14)9-8-15(17)22-19(21)23-18/h1-3,5-6,8-10,12H,11H2,(H4,20,21,22,23). The summed E-state index contributed by atoms with van der Waals surface area (Å²) in [6.07, 6.45) is 2.00. The summed E-state index contributed by atoms with van der Waals surface area (Å²) < 4.78 is 2.08. The maximum absolute atomic E-state index is 6.04. The molecule has 2 aromatic carbocycles. The Labute approximate surface area is 138 Å². The fourth-order valence-electron chi connectivity index (χ4n) is 2.84. The van der Waals surface area contributed by atoms with Gasteiger partial charge in [0, 0.05) is 22.7 Å². The van der Waals surface area contributed by atoms with Crippen LogP contribution in [-0.4, -0.2) is 14.5 Å². The normalized spacial score (nSPS) is 10.7. The van der Waals surface area contributed by atoms with Crippen molar-refractivity contribution < 1.29 is 0 Å². The van der Waals surface area contributed by atoms with Gasteiger partial charge in [0.25, 0.3) is 0 Å². The second-order valence-electron chi connectivity index (χ2n) is 5.47. The molecular weight excluding hydrogens is 298 g/mol. The van der Waals surface area contributed by atoms with Crippen molar-refractivity contribution in [2.75, 3.05) is 11.5 Å². The van der Waals surface area contributed by atoms with Crippen LogP contribution in [0.3, 0.4) is 0 Å². The van der Waals surface area contributed by atoms with E-state index in [4.69, 9.17) is 11.5 Å². The van der Waals surface area contributed by atoms with Crippen LogP contribution < -0.4 is 11.5 Å². The monoisotopic (exact) mass is 313 g/mol. The van der Waals surface area contributed by atoms with Gasteiger partial charge in [-0.15, -0.1) is 0 Å². The molecule has 24 heavy (non-hydrogen) atoms. The third-order valence-corrected chi connectivity index (χ3v) is 3.91. The molecule has 0 saturated carbocycles. The average Bonchev–Trinajstić information content (AvgIpc) is 2.98. The Balaban J connectivity index is 1.76. The number of aromatic nitrogens is 3. The molecule has 0 bridgehead atoms. The molecule has 2 heterocycles. The topological polar surface area (TPSA) is 82.7 Å². The van der Waals surface area contributed by atoms with Gasteiger partial charge in [0.05, 0.1) is 17.4 Å². The molecule has 116 valence electrons. The molecule has 0 fully saturated rings. The molecule has 2 aromatic heterocycles. The Kier molecular flexibility index (Phi) is 3.29. The number of nitrogens with zero attached hydrogens (tertiary/aromatic N) is 3. The molecule has 0 atom stereocenters. The Hall–Kier alpha value is -3.52. The van der Waals surface area contributed by atoms with Gasteiger partial charge in [-0.25, -0.2) is 4.98 Å². The van der Waals surface area contributed by atoms with Gasteiger partial charge in [0.15, 0.2) is 0 Å². The second-order valence-corrected chi connectivity index (χ2v) is 5.47. The van der Waals surface area contributed by atoms with Crippen molar-refractivity contribution in [2.24, 2.45) is 0 Å². The summed E-state index contributed by atoms with van der Waals surface area (Å²) in [4.78, 5) is 8.32. The van der Waals surface area contributed by atoms with E-state index in [1.54, 1.807) is 0 Å². The van der Waals surface area contributed by atoms with Crippen LogP contribution in [0.5, 0.6) is 0 Å². The number of benzene rings is 2. The number of hydrogen-bond acceptors (Lipinski definition) is 4. The largest absolute Gasteiger partial charge is 0.383 e. The van der Waals surface area contributed by atoms with Crippen molar-refractivity contribution in [3.05, 3.63) is 60.3 Å². The third-order valence-electron chi connectivity index (χ3n) is 3.91. The van der Waals surface area contributed by atoms with Crippen LogP contribution in [-0.2, 0) is 6.54 Å². The van der Waals surface area contributed by atoms with Crippen LogP contribution >= 0.6 is 0 Å². The van der Waals surface area contributed by atoms with E-state index in [2.05, 4.69) is 26.4 Å². The molecule has 0 aliphatic carbocycles. The maximum Gasteiger partial charge on any atom is 0.222 e. The first-order chi connectivity index (χ1) is 11.7. The van der Waals surface area contributed by atoms with Crippen LogP contribution in [0.15, 0.2) is 54.7 Å². The first kappa shape index (κ1) is 14.1. The van der Waals surface area contributed by atoms with E-state index in [-0.39, 0.29) is 5.95 Å². The molecule has 4 N–H and O–H groups in total. The molecule has 0 spiro atoms. The Bertz CT molecular complexity index is 1100. The predicted octanol–water partition coefficient (Wildman–Crippen LogP) is 2.80. The van der Waals surface area contributed by atoms with E-state index in [0.717, 1.165) is 27.4 Å². The van der Waals surface area contributed by atoms with Crippen LogP contribution in [0.25, 0.3) is 21.8 Å². The SMILES string of the molecule is Nc1nc(N)c2c(ccc3c2ccn3CC#Cc2ccccc2)n1. The summed E-state index contributed by atoms with van der Waals surface area (Å²) in [5, 5.41) is 1.84. The number of fused-ring (bicyclic) bond motifs is 3. The van der Waals surface area contributed by atoms with Crippen molar-refractivity contribution in [3.8, 4) is 11.8 Å². The lowest BCUT2D eigenvalue weighted by Crippen LogP contribution is -2.01.